The van der Waals surface area contributed by atoms with E-state index in [1.807, 2.05) is 48.7 Å². The van der Waals surface area contributed by atoms with Crippen LogP contribution in [0.25, 0.3) is 5.76 Å². The minimum Gasteiger partial charge on any atom is -0.507 e. The molecule has 2 aromatic carbocycles. The number of aliphatic hydroxyl groups excluding tert-OH is 1. The summed E-state index contributed by atoms with van der Waals surface area (Å²) < 4.78 is 11.0. The topological polar surface area (TPSA) is 76.1 Å². The minimum absolute atomic E-state index is 0.0899. The lowest BCUT2D eigenvalue weighted by Gasteiger charge is -2.23. The first-order valence-corrected chi connectivity index (χ1v) is 11.5. The second-order valence-electron chi connectivity index (χ2n) is 7.74. The van der Waals surface area contributed by atoms with Crippen LogP contribution in [0.3, 0.4) is 0 Å². The minimum atomic E-state index is -0.693. The van der Waals surface area contributed by atoms with Crippen LogP contribution in [0.2, 0.25) is 0 Å². The maximum atomic E-state index is 12.9. The van der Waals surface area contributed by atoms with Crippen molar-refractivity contribution >= 4 is 28.8 Å². The maximum absolute atomic E-state index is 12.9. The highest BCUT2D eigenvalue weighted by Gasteiger charge is 2.46. The molecule has 0 spiro atoms. The van der Waals surface area contributed by atoms with Crippen LogP contribution >= 0.6 is 11.3 Å². The van der Waals surface area contributed by atoms with Crippen molar-refractivity contribution in [2.24, 2.45) is 0 Å². The normalized spacial score (nSPS) is 17.5. The Morgan fingerprint density at radius 3 is 2.48 bits per heavy atom. The fourth-order valence-electron chi connectivity index (χ4n) is 3.84. The van der Waals surface area contributed by atoms with Crippen LogP contribution in [0.5, 0.6) is 5.75 Å². The molecule has 3 aromatic rings. The monoisotopic (exact) mass is 463 g/mol. The largest absolute Gasteiger partial charge is 0.507 e. The summed E-state index contributed by atoms with van der Waals surface area (Å²) in [7, 11) is 1.54. The number of likely N-dealkylation sites (tertiary alicyclic amines) is 1. The quantitative estimate of drug-likeness (QED) is 0.298. The van der Waals surface area contributed by atoms with Crippen LogP contribution in [0, 0.1) is 6.92 Å². The molecule has 1 amide bonds. The number of aliphatic hydroxyl groups is 1. The molecule has 0 aliphatic carbocycles. The van der Waals surface area contributed by atoms with Gasteiger partial charge in [0.2, 0.25) is 0 Å². The van der Waals surface area contributed by atoms with Crippen LogP contribution in [0.1, 0.15) is 27.6 Å². The van der Waals surface area contributed by atoms with E-state index in [-0.39, 0.29) is 17.9 Å². The molecule has 1 aliphatic heterocycles. The molecular formula is C26H25NO5S. The Kier molecular flexibility index (Phi) is 6.91. The molecule has 1 atom stereocenters. The first-order chi connectivity index (χ1) is 16.0. The molecule has 1 aromatic heterocycles. The highest BCUT2D eigenvalue weighted by molar-refractivity contribution is 7.10. The lowest BCUT2D eigenvalue weighted by Crippen LogP contribution is -2.32. The van der Waals surface area contributed by atoms with Gasteiger partial charge in [0.25, 0.3) is 11.7 Å². The van der Waals surface area contributed by atoms with Gasteiger partial charge in [-0.05, 0) is 53.8 Å². The molecular weight excluding hydrogens is 438 g/mol. The molecule has 0 radical (unpaired) electrons. The number of aryl methyl sites for hydroxylation is 1. The summed E-state index contributed by atoms with van der Waals surface area (Å²) in [6.07, 6.45) is 0. The van der Waals surface area contributed by atoms with E-state index in [0.717, 1.165) is 16.0 Å². The van der Waals surface area contributed by atoms with Crippen LogP contribution in [0.15, 0.2) is 71.6 Å². The number of Topliss-reactive ketones (excluding diaryl/α,β-unsaturated/α-hetero) is 1. The van der Waals surface area contributed by atoms with Gasteiger partial charge in [0.05, 0.1) is 18.2 Å². The number of nitrogens with zero attached hydrogens (tertiary/aromatic N) is 1. The first kappa shape index (κ1) is 22.8. The number of hydrogen-bond donors (Lipinski definition) is 1. The number of ether oxygens (including phenoxy) is 2. The van der Waals surface area contributed by atoms with Crippen LogP contribution in [-0.2, 0) is 20.9 Å². The summed E-state index contributed by atoms with van der Waals surface area (Å²) in [5.74, 6) is -0.880. The van der Waals surface area contributed by atoms with Crippen molar-refractivity contribution in [1.29, 1.82) is 0 Å². The van der Waals surface area contributed by atoms with Crippen molar-refractivity contribution < 1.29 is 24.2 Å². The van der Waals surface area contributed by atoms with E-state index in [4.69, 9.17) is 9.47 Å². The summed E-state index contributed by atoms with van der Waals surface area (Å²) in [5.41, 5.74) is 2.78. The average molecular weight is 464 g/mol. The summed E-state index contributed by atoms with van der Waals surface area (Å²) >= 11 is 1.43. The molecule has 1 fully saturated rings. The van der Waals surface area contributed by atoms with Gasteiger partial charge in [0.15, 0.2) is 0 Å². The maximum Gasteiger partial charge on any atom is 0.295 e. The Morgan fingerprint density at radius 1 is 1.06 bits per heavy atom. The number of amides is 1. The highest BCUT2D eigenvalue weighted by Crippen LogP contribution is 2.41. The summed E-state index contributed by atoms with van der Waals surface area (Å²) in [4.78, 5) is 27.9. The molecule has 1 N–H and O–H groups in total. The fourth-order valence-corrected chi connectivity index (χ4v) is 4.69. The van der Waals surface area contributed by atoms with Gasteiger partial charge in [0, 0.05) is 24.1 Å². The number of thiophene rings is 1. The Balaban J connectivity index is 1.61. The summed E-state index contributed by atoms with van der Waals surface area (Å²) in [5, 5.41) is 12.9. The molecule has 1 aliphatic rings. The molecule has 0 bridgehead atoms. The zero-order chi connectivity index (χ0) is 23.4. The van der Waals surface area contributed by atoms with Gasteiger partial charge in [-0.3, -0.25) is 9.59 Å². The van der Waals surface area contributed by atoms with Gasteiger partial charge in [-0.15, -0.1) is 11.3 Å². The summed E-state index contributed by atoms with van der Waals surface area (Å²) in [6.45, 7) is 3.01. The van der Waals surface area contributed by atoms with E-state index in [1.165, 1.54) is 16.2 Å². The average Bonchev–Trinajstić information content (AvgIpc) is 3.44. The third kappa shape index (κ3) is 4.69. The SMILES string of the molecule is COCCN1C(=O)C(=O)C(=C(O)c2ccc(OCc3ccccc3C)cc2)C1c1cccs1. The second kappa shape index (κ2) is 10.0. The molecule has 4 rings (SSSR count). The van der Waals surface area contributed by atoms with E-state index >= 15 is 0 Å². The third-order valence-corrected chi connectivity index (χ3v) is 6.60. The zero-order valence-electron chi connectivity index (χ0n) is 18.5. The van der Waals surface area contributed by atoms with Crippen molar-refractivity contribution in [1.82, 2.24) is 4.90 Å². The summed E-state index contributed by atoms with van der Waals surface area (Å²) in [6, 6.07) is 18.0. The lowest BCUT2D eigenvalue weighted by atomic mass is 10.00. The Labute approximate surface area is 196 Å². The number of rotatable bonds is 8. The predicted octanol–water partition coefficient (Wildman–Crippen LogP) is 4.70. The number of carbonyl (C=O) groups is 2. The van der Waals surface area contributed by atoms with E-state index in [9.17, 15) is 14.7 Å². The van der Waals surface area contributed by atoms with Crippen LogP contribution in [-0.4, -0.2) is 42.0 Å². The Morgan fingerprint density at radius 2 is 1.82 bits per heavy atom. The Hall–Kier alpha value is -3.42. The van der Waals surface area contributed by atoms with Gasteiger partial charge in [-0.25, -0.2) is 0 Å². The number of benzene rings is 2. The van der Waals surface area contributed by atoms with E-state index in [1.54, 1.807) is 31.4 Å². The molecule has 1 unspecified atom stereocenters. The van der Waals surface area contributed by atoms with Gasteiger partial charge < -0.3 is 19.5 Å². The van der Waals surface area contributed by atoms with Crippen molar-refractivity contribution in [2.75, 3.05) is 20.3 Å². The lowest BCUT2D eigenvalue weighted by molar-refractivity contribution is -0.140. The van der Waals surface area contributed by atoms with Crippen molar-refractivity contribution in [3.05, 3.63) is 93.2 Å². The van der Waals surface area contributed by atoms with Gasteiger partial charge in [-0.2, -0.15) is 0 Å². The molecule has 2 heterocycles. The van der Waals surface area contributed by atoms with Crippen molar-refractivity contribution in [2.45, 2.75) is 19.6 Å². The second-order valence-corrected chi connectivity index (χ2v) is 8.72. The van der Waals surface area contributed by atoms with E-state index in [2.05, 4.69) is 0 Å². The fraction of sp³-hybridized carbons (Fsp3) is 0.231. The molecule has 0 saturated carbocycles. The molecule has 1 saturated heterocycles. The van der Waals surface area contributed by atoms with Crippen molar-refractivity contribution in [3.63, 3.8) is 0 Å². The molecule has 33 heavy (non-hydrogen) atoms. The number of hydrogen-bond acceptors (Lipinski definition) is 6. The predicted molar refractivity (Wildman–Crippen MR) is 127 cm³/mol. The standard InChI is InChI=1S/C26H25NO5S/c1-17-6-3-4-7-19(17)16-32-20-11-9-18(10-12-20)24(28)22-23(21-8-5-15-33-21)27(13-14-31-2)26(30)25(22)29/h3-12,15,23,28H,13-14,16H2,1-2H3. The van der Waals surface area contributed by atoms with Crippen molar-refractivity contribution in [3.8, 4) is 5.75 Å². The van der Waals surface area contributed by atoms with Crippen LogP contribution in [0.4, 0.5) is 0 Å². The third-order valence-electron chi connectivity index (χ3n) is 5.67. The van der Waals surface area contributed by atoms with E-state index < -0.39 is 17.7 Å². The van der Waals surface area contributed by atoms with Gasteiger partial charge in [-0.1, -0.05) is 30.3 Å². The smallest absolute Gasteiger partial charge is 0.295 e. The zero-order valence-corrected chi connectivity index (χ0v) is 19.3. The first-order valence-electron chi connectivity index (χ1n) is 10.6. The van der Waals surface area contributed by atoms with Gasteiger partial charge in [0.1, 0.15) is 18.1 Å². The number of carbonyl (C=O) groups excluding carboxylic acids is 2. The van der Waals surface area contributed by atoms with Crippen LogP contribution < -0.4 is 4.74 Å². The number of ketones is 1. The molecule has 6 nitrogen and oxygen atoms in total. The number of methoxy groups -OCH3 is 1. The Bertz CT molecular complexity index is 1170. The molecule has 7 heteroatoms. The molecule has 170 valence electrons. The van der Waals surface area contributed by atoms with E-state index in [0.29, 0.717) is 24.5 Å². The van der Waals surface area contributed by atoms with Gasteiger partial charge >= 0.3 is 0 Å². The highest BCUT2D eigenvalue weighted by atomic mass is 32.1.